The van der Waals surface area contributed by atoms with E-state index in [1.165, 1.54) is 19.3 Å². The Balaban J connectivity index is 2.16. The Kier molecular flexibility index (Phi) is 4.77. The highest BCUT2D eigenvalue weighted by Gasteiger charge is 2.25. The second-order valence-corrected chi connectivity index (χ2v) is 5.39. The van der Waals surface area contributed by atoms with Gasteiger partial charge in [0, 0.05) is 43.0 Å². The summed E-state index contributed by atoms with van der Waals surface area (Å²) in [6.45, 7) is 6.66. The highest BCUT2D eigenvalue weighted by molar-refractivity contribution is 5.41. The van der Waals surface area contributed by atoms with Crippen molar-refractivity contribution in [3.63, 3.8) is 0 Å². The van der Waals surface area contributed by atoms with Crippen LogP contribution in [0, 0.1) is 13.8 Å². The van der Waals surface area contributed by atoms with Crippen molar-refractivity contribution in [1.29, 1.82) is 0 Å². The third-order valence-electron chi connectivity index (χ3n) is 4.11. The first-order valence-electron chi connectivity index (χ1n) is 7.10. The molecule has 106 valence electrons. The molecule has 1 fully saturated rings. The summed E-state index contributed by atoms with van der Waals surface area (Å²) in [5.74, 6) is 0.964. The van der Waals surface area contributed by atoms with Crippen LogP contribution in [0.4, 0.5) is 0 Å². The fourth-order valence-corrected chi connectivity index (χ4v) is 2.73. The number of ether oxygens (including phenoxy) is 1. The Morgan fingerprint density at radius 2 is 2.16 bits per heavy atom. The summed E-state index contributed by atoms with van der Waals surface area (Å²) in [6, 6.07) is 0.692. The van der Waals surface area contributed by atoms with Gasteiger partial charge in [-0.1, -0.05) is 6.42 Å². The number of methoxy groups -OCH3 is 1. The molecule has 0 radical (unpaired) electrons. The normalized spacial score (nSPS) is 15.6. The van der Waals surface area contributed by atoms with Gasteiger partial charge in [-0.25, -0.2) is 0 Å². The highest BCUT2D eigenvalue weighted by Crippen LogP contribution is 2.28. The summed E-state index contributed by atoms with van der Waals surface area (Å²) in [4.78, 5) is 7.05. The van der Waals surface area contributed by atoms with Gasteiger partial charge in [-0.2, -0.15) is 0 Å². The maximum atomic E-state index is 5.73. The summed E-state index contributed by atoms with van der Waals surface area (Å²) >= 11 is 0. The lowest BCUT2D eigenvalue weighted by Crippen LogP contribution is -2.42. The van der Waals surface area contributed by atoms with Crippen LogP contribution in [-0.2, 0) is 6.54 Å². The molecular weight excluding hydrogens is 238 g/mol. The van der Waals surface area contributed by atoms with E-state index in [2.05, 4.69) is 16.8 Å². The minimum absolute atomic E-state index is 0.692. The molecule has 19 heavy (non-hydrogen) atoms. The topological polar surface area (TPSA) is 51.4 Å². The third-order valence-corrected chi connectivity index (χ3v) is 4.11. The van der Waals surface area contributed by atoms with Crippen molar-refractivity contribution in [2.24, 2.45) is 5.73 Å². The second-order valence-electron chi connectivity index (χ2n) is 5.39. The molecule has 4 heteroatoms. The molecule has 0 aromatic carbocycles. The molecule has 1 aliphatic carbocycles. The smallest absolute Gasteiger partial charge is 0.128 e. The molecule has 0 bridgehead atoms. The zero-order valence-electron chi connectivity index (χ0n) is 12.3. The van der Waals surface area contributed by atoms with E-state index in [0.29, 0.717) is 12.6 Å². The summed E-state index contributed by atoms with van der Waals surface area (Å²) in [5, 5.41) is 0. The zero-order valence-corrected chi connectivity index (χ0v) is 12.3. The van der Waals surface area contributed by atoms with E-state index >= 15 is 0 Å². The maximum absolute atomic E-state index is 5.73. The van der Waals surface area contributed by atoms with Gasteiger partial charge < -0.3 is 10.5 Å². The Hall–Kier alpha value is -1.13. The largest absolute Gasteiger partial charge is 0.496 e. The lowest BCUT2D eigenvalue weighted by atomic mass is 9.91. The molecule has 0 spiro atoms. The van der Waals surface area contributed by atoms with Crippen molar-refractivity contribution in [2.45, 2.75) is 45.7 Å². The number of pyridine rings is 1. The van der Waals surface area contributed by atoms with E-state index in [1.807, 2.05) is 13.1 Å². The molecule has 2 rings (SSSR count). The number of nitrogens with two attached hydrogens (primary N) is 1. The Labute approximate surface area is 116 Å². The van der Waals surface area contributed by atoms with Crippen molar-refractivity contribution in [3.05, 3.63) is 23.0 Å². The molecule has 2 N–H and O–H groups in total. The predicted octanol–water partition coefficient (Wildman–Crippen LogP) is 2.02. The molecule has 0 atom stereocenters. The molecular formula is C15H25N3O. The number of rotatable bonds is 6. The first-order valence-corrected chi connectivity index (χ1v) is 7.10. The van der Waals surface area contributed by atoms with Gasteiger partial charge in [0.05, 0.1) is 12.8 Å². The average Bonchev–Trinajstić information content (AvgIpc) is 2.31. The summed E-state index contributed by atoms with van der Waals surface area (Å²) < 4.78 is 5.48. The SMILES string of the molecule is COc1c(C)cnc(CN(CCN)C2CCC2)c1C. The number of aryl methyl sites for hydroxylation is 1. The van der Waals surface area contributed by atoms with Crippen LogP contribution in [0.25, 0.3) is 0 Å². The second kappa shape index (κ2) is 6.35. The molecule has 1 aliphatic rings. The van der Waals surface area contributed by atoms with Gasteiger partial charge in [-0.15, -0.1) is 0 Å². The van der Waals surface area contributed by atoms with E-state index in [4.69, 9.17) is 10.5 Å². The first kappa shape index (κ1) is 14.3. The van der Waals surface area contributed by atoms with Gasteiger partial charge in [0.1, 0.15) is 5.75 Å². The minimum Gasteiger partial charge on any atom is -0.496 e. The summed E-state index contributed by atoms with van der Waals surface area (Å²) in [6.07, 6.45) is 5.84. The predicted molar refractivity (Wildman–Crippen MR) is 77.4 cm³/mol. The van der Waals surface area contributed by atoms with Crippen LogP contribution in [0.1, 0.15) is 36.1 Å². The molecule has 4 nitrogen and oxygen atoms in total. The number of hydrogen-bond acceptors (Lipinski definition) is 4. The molecule has 1 heterocycles. The van der Waals surface area contributed by atoms with E-state index in [1.54, 1.807) is 7.11 Å². The van der Waals surface area contributed by atoms with Crippen molar-refractivity contribution in [1.82, 2.24) is 9.88 Å². The van der Waals surface area contributed by atoms with Gasteiger partial charge in [-0.3, -0.25) is 9.88 Å². The fourth-order valence-electron chi connectivity index (χ4n) is 2.73. The number of aromatic nitrogens is 1. The van der Waals surface area contributed by atoms with Gasteiger partial charge in [0.25, 0.3) is 0 Å². The summed E-state index contributed by atoms with van der Waals surface area (Å²) in [7, 11) is 1.72. The molecule has 0 aliphatic heterocycles. The van der Waals surface area contributed by atoms with Gasteiger partial charge >= 0.3 is 0 Å². The number of nitrogens with zero attached hydrogens (tertiary/aromatic N) is 2. The zero-order chi connectivity index (χ0) is 13.8. The Morgan fingerprint density at radius 3 is 2.68 bits per heavy atom. The third kappa shape index (κ3) is 3.07. The van der Waals surface area contributed by atoms with E-state index in [-0.39, 0.29) is 0 Å². The monoisotopic (exact) mass is 263 g/mol. The van der Waals surface area contributed by atoms with E-state index < -0.39 is 0 Å². The van der Waals surface area contributed by atoms with Crippen molar-refractivity contribution >= 4 is 0 Å². The Bertz CT molecular complexity index is 430. The first-order chi connectivity index (χ1) is 9.17. The van der Waals surface area contributed by atoms with Gasteiger partial charge in [0.15, 0.2) is 0 Å². The van der Waals surface area contributed by atoms with Crippen LogP contribution in [-0.4, -0.2) is 36.1 Å². The van der Waals surface area contributed by atoms with Crippen LogP contribution < -0.4 is 10.5 Å². The Morgan fingerprint density at radius 1 is 1.42 bits per heavy atom. The van der Waals surface area contributed by atoms with Crippen molar-refractivity contribution in [2.75, 3.05) is 20.2 Å². The maximum Gasteiger partial charge on any atom is 0.128 e. The minimum atomic E-state index is 0.692. The lowest BCUT2D eigenvalue weighted by Gasteiger charge is -2.37. The van der Waals surface area contributed by atoms with Crippen LogP contribution in [0.2, 0.25) is 0 Å². The molecule has 0 amide bonds. The van der Waals surface area contributed by atoms with Crippen molar-refractivity contribution in [3.8, 4) is 5.75 Å². The molecule has 0 unspecified atom stereocenters. The van der Waals surface area contributed by atoms with E-state index in [9.17, 15) is 0 Å². The lowest BCUT2D eigenvalue weighted by molar-refractivity contribution is 0.121. The fraction of sp³-hybridized carbons (Fsp3) is 0.667. The van der Waals surface area contributed by atoms with E-state index in [0.717, 1.165) is 35.7 Å². The number of hydrogen-bond donors (Lipinski definition) is 1. The van der Waals surface area contributed by atoms with Crippen LogP contribution in [0.5, 0.6) is 5.75 Å². The van der Waals surface area contributed by atoms with Crippen molar-refractivity contribution < 1.29 is 4.74 Å². The standard InChI is InChI=1S/C15H25N3O/c1-11-9-17-14(12(2)15(11)19-3)10-18(8-7-16)13-5-4-6-13/h9,13H,4-8,10,16H2,1-3H3. The highest BCUT2D eigenvalue weighted by atomic mass is 16.5. The molecule has 1 aromatic heterocycles. The van der Waals surface area contributed by atoms with Gasteiger partial charge in [-0.05, 0) is 26.7 Å². The molecule has 1 saturated carbocycles. The van der Waals surface area contributed by atoms with Crippen LogP contribution in [0.15, 0.2) is 6.20 Å². The van der Waals surface area contributed by atoms with Crippen LogP contribution in [0.3, 0.4) is 0 Å². The average molecular weight is 263 g/mol. The molecule has 1 aromatic rings. The quantitative estimate of drug-likeness (QED) is 0.853. The van der Waals surface area contributed by atoms with Gasteiger partial charge in [0.2, 0.25) is 0 Å². The summed E-state index contributed by atoms with van der Waals surface area (Å²) in [5.41, 5.74) is 9.10. The molecule has 0 saturated heterocycles. The van der Waals surface area contributed by atoms with Crippen LogP contribution >= 0.6 is 0 Å².